The Hall–Kier alpha value is -1.62. The number of carbonyl (C=O) groups excluding carboxylic acids is 1. The highest BCUT2D eigenvalue weighted by molar-refractivity contribution is 5.78. The molecule has 1 aromatic heterocycles. The largest absolute Gasteiger partial charge is 0.356 e. The van der Waals surface area contributed by atoms with Crippen molar-refractivity contribution in [2.75, 3.05) is 6.54 Å². The predicted octanol–water partition coefficient (Wildman–Crippen LogP) is 0.790. The molecule has 0 bridgehead atoms. The van der Waals surface area contributed by atoms with Crippen molar-refractivity contribution < 1.29 is 4.79 Å². The zero-order chi connectivity index (χ0) is 14.5. The fourth-order valence-electron chi connectivity index (χ4n) is 2.76. The molecule has 0 aliphatic heterocycles. The standard InChI is InChI=1S/C15H23N3O2/c1-11-4-2-5-14(19)18(11)9-3-8-17-15(20)12-6-7-13(16)10-12/h2,4-5,12-13H,3,6-10,16H2,1H3,(H,17,20)/t12-,13+/m0/s1. The quantitative estimate of drug-likeness (QED) is 0.781. The molecule has 0 aromatic carbocycles. The number of hydrogen-bond acceptors (Lipinski definition) is 3. The van der Waals surface area contributed by atoms with Crippen LogP contribution >= 0.6 is 0 Å². The zero-order valence-corrected chi connectivity index (χ0v) is 12.0. The number of carbonyl (C=O) groups is 1. The van der Waals surface area contributed by atoms with Gasteiger partial charge < -0.3 is 15.6 Å². The second-order valence-corrected chi connectivity index (χ2v) is 5.57. The Balaban J connectivity index is 1.74. The summed E-state index contributed by atoms with van der Waals surface area (Å²) in [6.45, 7) is 3.15. The number of rotatable bonds is 5. The van der Waals surface area contributed by atoms with Gasteiger partial charge in [0.2, 0.25) is 5.91 Å². The predicted molar refractivity (Wildman–Crippen MR) is 78.4 cm³/mol. The van der Waals surface area contributed by atoms with E-state index in [0.717, 1.165) is 31.4 Å². The van der Waals surface area contributed by atoms with Gasteiger partial charge in [-0.2, -0.15) is 0 Å². The summed E-state index contributed by atoms with van der Waals surface area (Å²) < 4.78 is 1.73. The number of nitrogens with one attached hydrogen (secondary N) is 1. The average molecular weight is 277 g/mol. The van der Waals surface area contributed by atoms with E-state index in [1.54, 1.807) is 16.7 Å². The van der Waals surface area contributed by atoms with Crippen molar-refractivity contribution in [2.24, 2.45) is 11.7 Å². The second kappa shape index (κ2) is 6.70. The van der Waals surface area contributed by atoms with Crippen LogP contribution in [0.4, 0.5) is 0 Å². The Morgan fingerprint density at radius 1 is 1.45 bits per heavy atom. The van der Waals surface area contributed by atoms with Gasteiger partial charge in [-0.05, 0) is 38.7 Å². The van der Waals surface area contributed by atoms with E-state index in [4.69, 9.17) is 5.73 Å². The molecule has 0 spiro atoms. The molecule has 0 radical (unpaired) electrons. The molecule has 5 heteroatoms. The first-order valence-electron chi connectivity index (χ1n) is 7.27. The first-order chi connectivity index (χ1) is 9.58. The van der Waals surface area contributed by atoms with Gasteiger partial charge in [-0.25, -0.2) is 0 Å². The highest BCUT2D eigenvalue weighted by Crippen LogP contribution is 2.23. The average Bonchev–Trinajstić information content (AvgIpc) is 2.84. The Labute approximate surface area is 119 Å². The molecule has 2 atom stereocenters. The minimum absolute atomic E-state index is 0.0121. The number of pyridine rings is 1. The van der Waals surface area contributed by atoms with Crippen LogP contribution in [-0.2, 0) is 11.3 Å². The summed E-state index contributed by atoms with van der Waals surface area (Å²) in [5, 5.41) is 2.94. The van der Waals surface area contributed by atoms with Crippen LogP contribution in [0.15, 0.2) is 23.0 Å². The Morgan fingerprint density at radius 2 is 2.25 bits per heavy atom. The van der Waals surface area contributed by atoms with Gasteiger partial charge in [0.25, 0.3) is 5.56 Å². The van der Waals surface area contributed by atoms with Gasteiger partial charge in [-0.1, -0.05) is 6.07 Å². The normalized spacial score (nSPS) is 21.9. The number of nitrogens with zero attached hydrogens (tertiary/aromatic N) is 1. The summed E-state index contributed by atoms with van der Waals surface area (Å²) in [5.41, 5.74) is 6.77. The lowest BCUT2D eigenvalue weighted by Crippen LogP contribution is -2.32. The monoisotopic (exact) mass is 277 g/mol. The molecule has 5 nitrogen and oxygen atoms in total. The number of nitrogens with two attached hydrogens (primary N) is 1. The van der Waals surface area contributed by atoms with Crippen LogP contribution < -0.4 is 16.6 Å². The van der Waals surface area contributed by atoms with Gasteiger partial charge in [0.1, 0.15) is 0 Å². The number of aromatic nitrogens is 1. The maximum atomic E-state index is 11.9. The Bertz CT molecular complexity index is 524. The van der Waals surface area contributed by atoms with Crippen LogP contribution in [0.1, 0.15) is 31.4 Å². The van der Waals surface area contributed by atoms with E-state index in [2.05, 4.69) is 5.32 Å². The van der Waals surface area contributed by atoms with Gasteiger partial charge in [0, 0.05) is 36.8 Å². The minimum atomic E-state index is 0.0121. The lowest BCUT2D eigenvalue weighted by molar-refractivity contribution is -0.124. The summed E-state index contributed by atoms with van der Waals surface area (Å²) in [7, 11) is 0. The summed E-state index contributed by atoms with van der Waals surface area (Å²) >= 11 is 0. The van der Waals surface area contributed by atoms with Crippen LogP contribution in [-0.4, -0.2) is 23.1 Å². The van der Waals surface area contributed by atoms with Crippen LogP contribution in [0.5, 0.6) is 0 Å². The van der Waals surface area contributed by atoms with E-state index < -0.39 is 0 Å². The maximum absolute atomic E-state index is 11.9. The van der Waals surface area contributed by atoms with Crippen molar-refractivity contribution in [3.8, 4) is 0 Å². The third-order valence-electron chi connectivity index (χ3n) is 3.97. The van der Waals surface area contributed by atoms with Crippen molar-refractivity contribution in [3.05, 3.63) is 34.2 Å². The highest BCUT2D eigenvalue weighted by atomic mass is 16.2. The van der Waals surface area contributed by atoms with E-state index in [-0.39, 0.29) is 23.4 Å². The molecule has 2 rings (SSSR count). The molecule has 3 N–H and O–H groups in total. The third kappa shape index (κ3) is 3.70. The lowest BCUT2D eigenvalue weighted by atomic mass is 10.1. The summed E-state index contributed by atoms with van der Waals surface area (Å²) in [6.07, 6.45) is 3.39. The first-order valence-corrected chi connectivity index (χ1v) is 7.27. The topological polar surface area (TPSA) is 77.1 Å². The van der Waals surface area contributed by atoms with Gasteiger partial charge in [0.05, 0.1) is 0 Å². The molecule has 1 fully saturated rings. The third-order valence-corrected chi connectivity index (χ3v) is 3.97. The molecule has 1 amide bonds. The SMILES string of the molecule is Cc1cccc(=O)n1CCCNC(=O)[C@H]1CC[C@@H](N)C1. The van der Waals surface area contributed by atoms with Gasteiger partial charge in [-0.15, -0.1) is 0 Å². The van der Waals surface area contributed by atoms with E-state index >= 15 is 0 Å². The maximum Gasteiger partial charge on any atom is 0.250 e. The molecule has 1 heterocycles. The van der Waals surface area contributed by atoms with Gasteiger partial charge in [0.15, 0.2) is 0 Å². The van der Waals surface area contributed by atoms with E-state index in [9.17, 15) is 9.59 Å². The second-order valence-electron chi connectivity index (χ2n) is 5.57. The van der Waals surface area contributed by atoms with Crippen LogP contribution in [0, 0.1) is 12.8 Å². The molecule has 110 valence electrons. The molecule has 20 heavy (non-hydrogen) atoms. The summed E-state index contributed by atoms with van der Waals surface area (Å²) in [5.74, 6) is 0.182. The fourth-order valence-corrected chi connectivity index (χ4v) is 2.76. The molecular weight excluding hydrogens is 254 g/mol. The van der Waals surface area contributed by atoms with E-state index in [0.29, 0.717) is 13.1 Å². The number of hydrogen-bond donors (Lipinski definition) is 2. The molecule has 1 aliphatic carbocycles. The number of amides is 1. The molecule has 1 aliphatic rings. The van der Waals surface area contributed by atoms with Crippen molar-refractivity contribution >= 4 is 5.91 Å². The molecule has 1 saturated carbocycles. The van der Waals surface area contributed by atoms with Crippen LogP contribution in [0.2, 0.25) is 0 Å². The Morgan fingerprint density at radius 3 is 2.90 bits per heavy atom. The highest BCUT2D eigenvalue weighted by Gasteiger charge is 2.27. The zero-order valence-electron chi connectivity index (χ0n) is 12.0. The molecule has 1 aromatic rings. The smallest absolute Gasteiger partial charge is 0.250 e. The molecular formula is C15H23N3O2. The van der Waals surface area contributed by atoms with E-state index in [1.807, 2.05) is 13.0 Å². The molecule has 0 saturated heterocycles. The fraction of sp³-hybridized carbons (Fsp3) is 0.600. The van der Waals surface area contributed by atoms with Gasteiger partial charge >= 0.3 is 0 Å². The Kier molecular flexibility index (Phi) is 4.95. The van der Waals surface area contributed by atoms with Crippen LogP contribution in [0.25, 0.3) is 0 Å². The van der Waals surface area contributed by atoms with Crippen molar-refractivity contribution in [2.45, 2.75) is 45.2 Å². The van der Waals surface area contributed by atoms with Crippen molar-refractivity contribution in [1.29, 1.82) is 0 Å². The lowest BCUT2D eigenvalue weighted by Gasteiger charge is -2.12. The number of aryl methyl sites for hydroxylation is 1. The van der Waals surface area contributed by atoms with Crippen molar-refractivity contribution in [1.82, 2.24) is 9.88 Å². The van der Waals surface area contributed by atoms with Gasteiger partial charge in [-0.3, -0.25) is 9.59 Å². The van der Waals surface area contributed by atoms with Crippen LogP contribution in [0.3, 0.4) is 0 Å². The first kappa shape index (κ1) is 14.8. The summed E-state index contributed by atoms with van der Waals surface area (Å²) in [6, 6.07) is 5.42. The minimum Gasteiger partial charge on any atom is -0.356 e. The molecule has 0 unspecified atom stereocenters. The summed E-state index contributed by atoms with van der Waals surface area (Å²) in [4.78, 5) is 23.6. The van der Waals surface area contributed by atoms with Crippen molar-refractivity contribution in [3.63, 3.8) is 0 Å². The van der Waals surface area contributed by atoms with E-state index in [1.165, 1.54) is 0 Å².